The molecule has 2 N–H and O–H groups in total. The van der Waals surface area contributed by atoms with Gasteiger partial charge in [0.1, 0.15) is 0 Å². The van der Waals surface area contributed by atoms with Gasteiger partial charge in [0.2, 0.25) is 11.7 Å². The molecule has 0 aromatic carbocycles. The van der Waals surface area contributed by atoms with Gasteiger partial charge in [-0.25, -0.2) is 4.79 Å². The molecule has 0 spiro atoms. The van der Waals surface area contributed by atoms with Gasteiger partial charge < -0.3 is 19.7 Å². The summed E-state index contributed by atoms with van der Waals surface area (Å²) in [5.41, 5.74) is 0. The number of nitrogens with zero attached hydrogens (tertiary/aromatic N) is 1. The van der Waals surface area contributed by atoms with E-state index in [0.29, 0.717) is 6.54 Å². The van der Waals surface area contributed by atoms with Crippen LogP contribution in [0, 0.1) is 0 Å². The van der Waals surface area contributed by atoms with Crippen molar-refractivity contribution in [1.29, 1.82) is 0 Å². The predicted molar refractivity (Wildman–Crippen MR) is 59.2 cm³/mol. The Morgan fingerprint density at radius 2 is 2.11 bits per heavy atom. The summed E-state index contributed by atoms with van der Waals surface area (Å²) in [6.45, 7) is 0.442. The van der Waals surface area contributed by atoms with Crippen molar-refractivity contribution in [2.24, 2.45) is 0 Å². The SMILES string of the molecule is CN1CC(NC(=O)c2ccc(C(=O)O)o2)CC1=O. The van der Waals surface area contributed by atoms with Crippen LogP contribution in [0.25, 0.3) is 0 Å². The number of aromatic carboxylic acids is 1. The van der Waals surface area contributed by atoms with Gasteiger partial charge in [0.25, 0.3) is 5.91 Å². The molecule has 7 heteroatoms. The minimum atomic E-state index is -1.23. The Labute approximate surface area is 102 Å². The average Bonchev–Trinajstić information content (AvgIpc) is 2.87. The Hall–Kier alpha value is -2.31. The summed E-state index contributed by atoms with van der Waals surface area (Å²) in [7, 11) is 1.66. The molecule has 0 bridgehead atoms. The van der Waals surface area contributed by atoms with Gasteiger partial charge in [-0.2, -0.15) is 0 Å². The molecule has 0 radical (unpaired) electrons. The second kappa shape index (κ2) is 4.52. The number of carbonyl (C=O) groups is 3. The zero-order valence-corrected chi connectivity index (χ0v) is 9.67. The van der Waals surface area contributed by atoms with E-state index in [-0.39, 0.29) is 29.9 Å². The summed E-state index contributed by atoms with van der Waals surface area (Å²) in [4.78, 5) is 35.1. The molecule has 1 atom stereocenters. The second-order valence-electron chi connectivity index (χ2n) is 4.12. The standard InChI is InChI=1S/C11H12N2O5/c1-13-5-6(4-9(13)14)12-10(15)7-2-3-8(18-7)11(16)17/h2-3,6H,4-5H2,1H3,(H,12,15)(H,16,17). The number of hydrogen-bond donors (Lipinski definition) is 2. The maximum atomic E-state index is 11.7. The highest BCUT2D eigenvalue weighted by atomic mass is 16.4. The van der Waals surface area contributed by atoms with E-state index in [2.05, 4.69) is 5.32 Å². The molecule has 1 aromatic heterocycles. The van der Waals surface area contributed by atoms with E-state index in [1.165, 1.54) is 17.0 Å². The molecule has 2 rings (SSSR count). The van der Waals surface area contributed by atoms with E-state index in [9.17, 15) is 14.4 Å². The van der Waals surface area contributed by atoms with Crippen molar-refractivity contribution in [3.63, 3.8) is 0 Å². The first-order chi connectivity index (χ1) is 8.47. The fourth-order valence-electron chi connectivity index (χ4n) is 1.79. The lowest BCUT2D eigenvalue weighted by molar-refractivity contribution is -0.126. The number of amides is 2. The number of carboxylic acids is 1. The van der Waals surface area contributed by atoms with E-state index in [4.69, 9.17) is 9.52 Å². The fraction of sp³-hybridized carbons (Fsp3) is 0.364. The zero-order chi connectivity index (χ0) is 13.3. The molecule has 1 aliphatic rings. The Morgan fingerprint density at radius 3 is 2.61 bits per heavy atom. The monoisotopic (exact) mass is 252 g/mol. The van der Waals surface area contributed by atoms with Gasteiger partial charge in [-0.3, -0.25) is 9.59 Å². The van der Waals surface area contributed by atoms with Gasteiger partial charge in [-0.1, -0.05) is 0 Å². The molecule has 18 heavy (non-hydrogen) atoms. The molecule has 1 saturated heterocycles. The van der Waals surface area contributed by atoms with Gasteiger partial charge in [0.05, 0.1) is 6.04 Å². The first kappa shape index (κ1) is 12.2. The summed E-state index contributed by atoms with van der Waals surface area (Å²) >= 11 is 0. The fourth-order valence-corrected chi connectivity index (χ4v) is 1.79. The maximum absolute atomic E-state index is 11.7. The number of carbonyl (C=O) groups excluding carboxylic acids is 2. The summed E-state index contributed by atoms with van der Waals surface area (Å²) in [5.74, 6) is -2.15. The lowest BCUT2D eigenvalue weighted by Crippen LogP contribution is -2.36. The second-order valence-corrected chi connectivity index (χ2v) is 4.12. The molecular formula is C11H12N2O5. The minimum Gasteiger partial charge on any atom is -0.475 e. The van der Waals surface area contributed by atoms with Crippen molar-refractivity contribution in [1.82, 2.24) is 10.2 Å². The highest BCUT2D eigenvalue weighted by Gasteiger charge is 2.28. The Bertz CT molecular complexity index is 507. The highest BCUT2D eigenvalue weighted by molar-refractivity contribution is 5.94. The third-order valence-electron chi connectivity index (χ3n) is 2.72. The maximum Gasteiger partial charge on any atom is 0.371 e. The summed E-state index contributed by atoms with van der Waals surface area (Å²) in [6.07, 6.45) is 0.245. The van der Waals surface area contributed by atoms with E-state index >= 15 is 0 Å². The molecule has 1 aromatic rings. The molecule has 0 saturated carbocycles. The van der Waals surface area contributed by atoms with Crippen LogP contribution in [0.1, 0.15) is 27.5 Å². The van der Waals surface area contributed by atoms with Crippen LogP contribution in [-0.4, -0.2) is 47.4 Å². The molecule has 1 fully saturated rings. The number of carboxylic acid groups (broad SMARTS) is 1. The van der Waals surface area contributed by atoms with Crippen molar-refractivity contribution >= 4 is 17.8 Å². The van der Waals surface area contributed by atoms with Crippen molar-refractivity contribution < 1.29 is 23.9 Å². The minimum absolute atomic E-state index is 0.0361. The Balaban J connectivity index is 1.99. The van der Waals surface area contributed by atoms with E-state index in [1.54, 1.807) is 7.05 Å². The smallest absolute Gasteiger partial charge is 0.371 e. The van der Waals surface area contributed by atoms with Crippen LogP contribution in [-0.2, 0) is 4.79 Å². The molecular weight excluding hydrogens is 240 g/mol. The van der Waals surface area contributed by atoms with Crippen molar-refractivity contribution in [2.45, 2.75) is 12.5 Å². The number of likely N-dealkylation sites (tertiary alicyclic amines) is 1. The lowest BCUT2D eigenvalue weighted by atomic mass is 10.2. The molecule has 1 unspecified atom stereocenters. The summed E-state index contributed by atoms with van der Waals surface area (Å²) in [5, 5.41) is 11.3. The van der Waals surface area contributed by atoms with Crippen LogP contribution in [0.3, 0.4) is 0 Å². The van der Waals surface area contributed by atoms with Crippen molar-refractivity contribution in [3.8, 4) is 0 Å². The van der Waals surface area contributed by atoms with Gasteiger partial charge in [-0.15, -0.1) is 0 Å². The number of rotatable bonds is 3. The molecule has 2 heterocycles. The first-order valence-electron chi connectivity index (χ1n) is 5.35. The van der Waals surface area contributed by atoms with Crippen LogP contribution in [0.2, 0.25) is 0 Å². The van der Waals surface area contributed by atoms with Gasteiger partial charge in [0.15, 0.2) is 5.76 Å². The quantitative estimate of drug-likeness (QED) is 0.784. The van der Waals surface area contributed by atoms with E-state index < -0.39 is 11.9 Å². The largest absolute Gasteiger partial charge is 0.475 e. The zero-order valence-electron chi connectivity index (χ0n) is 9.67. The third-order valence-corrected chi connectivity index (χ3v) is 2.72. The van der Waals surface area contributed by atoms with Crippen LogP contribution in [0.15, 0.2) is 16.5 Å². The Morgan fingerprint density at radius 1 is 1.44 bits per heavy atom. The number of hydrogen-bond acceptors (Lipinski definition) is 4. The van der Waals surface area contributed by atoms with Crippen LogP contribution >= 0.6 is 0 Å². The number of likely N-dealkylation sites (N-methyl/N-ethyl adjacent to an activating group) is 1. The molecule has 96 valence electrons. The van der Waals surface area contributed by atoms with E-state index in [0.717, 1.165) is 0 Å². The molecule has 0 aliphatic carbocycles. The van der Waals surface area contributed by atoms with Gasteiger partial charge in [-0.05, 0) is 12.1 Å². The molecule has 1 aliphatic heterocycles. The van der Waals surface area contributed by atoms with Crippen molar-refractivity contribution in [3.05, 3.63) is 23.7 Å². The van der Waals surface area contributed by atoms with Crippen LogP contribution < -0.4 is 5.32 Å². The number of furan rings is 1. The summed E-state index contributed by atoms with van der Waals surface area (Å²) < 4.78 is 4.86. The lowest BCUT2D eigenvalue weighted by Gasteiger charge is -2.10. The molecule has 7 nitrogen and oxygen atoms in total. The average molecular weight is 252 g/mol. The topological polar surface area (TPSA) is 99.8 Å². The van der Waals surface area contributed by atoms with Gasteiger partial charge >= 0.3 is 5.97 Å². The normalized spacial score (nSPS) is 19.1. The molecule has 2 amide bonds. The van der Waals surface area contributed by atoms with Crippen LogP contribution in [0.5, 0.6) is 0 Å². The number of nitrogens with one attached hydrogen (secondary N) is 1. The Kier molecular flexibility index (Phi) is 3.05. The third kappa shape index (κ3) is 2.34. The summed E-state index contributed by atoms with van der Waals surface area (Å²) in [6, 6.07) is 2.23. The highest BCUT2D eigenvalue weighted by Crippen LogP contribution is 2.11. The first-order valence-corrected chi connectivity index (χ1v) is 5.35. The van der Waals surface area contributed by atoms with E-state index in [1.807, 2.05) is 0 Å². The van der Waals surface area contributed by atoms with Crippen molar-refractivity contribution in [2.75, 3.05) is 13.6 Å². The van der Waals surface area contributed by atoms with Gasteiger partial charge in [0, 0.05) is 20.0 Å². The predicted octanol–water partition coefficient (Wildman–Crippen LogP) is -0.0617. The van der Waals surface area contributed by atoms with Crippen LogP contribution in [0.4, 0.5) is 0 Å².